The molecular formula is C15H13BrN2. The molecule has 18 heavy (non-hydrogen) atoms. The second-order valence-electron chi connectivity index (χ2n) is 4.08. The number of benzene rings is 2. The van der Waals surface area contributed by atoms with Gasteiger partial charge in [-0.3, -0.25) is 0 Å². The molecule has 0 aliphatic rings. The van der Waals surface area contributed by atoms with Crippen LogP contribution in [0.2, 0.25) is 0 Å². The summed E-state index contributed by atoms with van der Waals surface area (Å²) >= 11 is 3.46. The summed E-state index contributed by atoms with van der Waals surface area (Å²) in [6.07, 6.45) is 0. The van der Waals surface area contributed by atoms with E-state index in [2.05, 4.69) is 46.4 Å². The van der Waals surface area contributed by atoms with E-state index < -0.39 is 0 Å². The topological polar surface area (TPSA) is 35.8 Å². The Kier molecular flexibility index (Phi) is 4.01. The SMILES string of the molecule is CC(Nc1ccccc1C#N)c1cccc(Br)c1. The number of nitrogens with one attached hydrogen (secondary N) is 1. The summed E-state index contributed by atoms with van der Waals surface area (Å²) in [7, 11) is 0. The third-order valence-corrected chi connectivity index (χ3v) is 3.26. The van der Waals surface area contributed by atoms with Crippen molar-refractivity contribution >= 4 is 21.6 Å². The highest BCUT2D eigenvalue weighted by molar-refractivity contribution is 9.10. The molecule has 2 aromatic rings. The molecule has 1 N–H and O–H groups in total. The van der Waals surface area contributed by atoms with Crippen LogP contribution in [0.3, 0.4) is 0 Å². The number of nitrogens with zero attached hydrogens (tertiary/aromatic N) is 1. The maximum absolute atomic E-state index is 9.05. The van der Waals surface area contributed by atoms with Crippen LogP contribution < -0.4 is 5.32 Å². The molecule has 3 heteroatoms. The van der Waals surface area contributed by atoms with Gasteiger partial charge in [0.25, 0.3) is 0 Å². The summed E-state index contributed by atoms with van der Waals surface area (Å²) in [4.78, 5) is 0. The third-order valence-electron chi connectivity index (χ3n) is 2.77. The fourth-order valence-corrected chi connectivity index (χ4v) is 2.22. The Morgan fingerprint density at radius 3 is 2.67 bits per heavy atom. The number of halogens is 1. The molecule has 90 valence electrons. The van der Waals surface area contributed by atoms with E-state index in [0.29, 0.717) is 5.56 Å². The van der Waals surface area contributed by atoms with Crippen LogP contribution in [0.4, 0.5) is 5.69 Å². The van der Waals surface area contributed by atoms with Crippen LogP contribution in [0, 0.1) is 11.3 Å². The van der Waals surface area contributed by atoms with E-state index >= 15 is 0 Å². The van der Waals surface area contributed by atoms with Crippen LogP contribution >= 0.6 is 15.9 Å². The van der Waals surface area contributed by atoms with Crippen molar-refractivity contribution in [2.45, 2.75) is 13.0 Å². The Morgan fingerprint density at radius 1 is 1.17 bits per heavy atom. The van der Waals surface area contributed by atoms with Gasteiger partial charge in [-0.2, -0.15) is 5.26 Å². The monoisotopic (exact) mass is 300 g/mol. The lowest BCUT2D eigenvalue weighted by Gasteiger charge is -2.16. The molecule has 1 atom stereocenters. The van der Waals surface area contributed by atoms with Crippen LogP contribution in [0.15, 0.2) is 53.0 Å². The van der Waals surface area contributed by atoms with Gasteiger partial charge in [0.2, 0.25) is 0 Å². The molecule has 2 aromatic carbocycles. The molecule has 0 saturated heterocycles. The Balaban J connectivity index is 2.22. The fraction of sp³-hybridized carbons (Fsp3) is 0.133. The van der Waals surface area contributed by atoms with E-state index in [1.54, 1.807) is 0 Å². The minimum Gasteiger partial charge on any atom is -0.377 e. The zero-order valence-corrected chi connectivity index (χ0v) is 11.6. The minimum absolute atomic E-state index is 0.150. The fourth-order valence-electron chi connectivity index (χ4n) is 1.80. The molecule has 0 fully saturated rings. The standard InChI is InChI=1S/C15H13BrN2/c1-11(12-6-4-7-14(16)9-12)18-15-8-3-2-5-13(15)10-17/h2-9,11,18H,1H3. The van der Waals surface area contributed by atoms with Gasteiger partial charge >= 0.3 is 0 Å². The van der Waals surface area contributed by atoms with E-state index in [9.17, 15) is 0 Å². The van der Waals surface area contributed by atoms with Gasteiger partial charge in [-0.05, 0) is 36.8 Å². The van der Waals surface area contributed by atoms with Crippen molar-refractivity contribution in [3.8, 4) is 6.07 Å². The number of hydrogen-bond donors (Lipinski definition) is 1. The molecule has 1 unspecified atom stereocenters. The van der Waals surface area contributed by atoms with Crippen LogP contribution in [0.25, 0.3) is 0 Å². The van der Waals surface area contributed by atoms with E-state index in [4.69, 9.17) is 5.26 Å². The van der Waals surface area contributed by atoms with Gasteiger partial charge < -0.3 is 5.32 Å². The van der Waals surface area contributed by atoms with Gasteiger partial charge in [-0.15, -0.1) is 0 Å². The van der Waals surface area contributed by atoms with Crippen LogP contribution in [0.1, 0.15) is 24.1 Å². The van der Waals surface area contributed by atoms with Crippen molar-refractivity contribution < 1.29 is 0 Å². The largest absolute Gasteiger partial charge is 0.377 e. The average Bonchev–Trinajstić information content (AvgIpc) is 2.39. The van der Waals surface area contributed by atoms with Crippen molar-refractivity contribution in [3.63, 3.8) is 0 Å². The zero-order chi connectivity index (χ0) is 13.0. The highest BCUT2D eigenvalue weighted by atomic mass is 79.9. The molecule has 0 bridgehead atoms. The van der Waals surface area contributed by atoms with E-state index in [1.807, 2.05) is 36.4 Å². The average molecular weight is 301 g/mol. The third kappa shape index (κ3) is 2.91. The van der Waals surface area contributed by atoms with Crippen molar-refractivity contribution in [2.75, 3.05) is 5.32 Å². The Morgan fingerprint density at radius 2 is 1.94 bits per heavy atom. The van der Waals surface area contributed by atoms with Gasteiger partial charge in [-0.1, -0.05) is 40.2 Å². The Labute approximate surface area is 115 Å². The predicted molar refractivity (Wildman–Crippen MR) is 77.3 cm³/mol. The van der Waals surface area contributed by atoms with Crippen molar-refractivity contribution in [2.24, 2.45) is 0 Å². The molecule has 0 radical (unpaired) electrons. The summed E-state index contributed by atoms with van der Waals surface area (Å²) in [5.41, 5.74) is 2.71. The summed E-state index contributed by atoms with van der Waals surface area (Å²) in [5, 5.41) is 12.4. The van der Waals surface area contributed by atoms with E-state index in [0.717, 1.165) is 10.2 Å². The van der Waals surface area contributed by atoms with Crippen LogP contribution in [-0.4, -0.2) is 0 Å². The van der Waals surface area contributed by atoms with Gasteiger partial charge in [0.15, 0.2) is 0 Å². The van der Waals surface area contributed by atoms with Gasteiger partial charge in [-0.25, -0.2) is 0 Å². The maximum Gasteiger partial charge on any atom is 0.101 e. The molecule has 2 nitrogen and oxygen atoms in total. The number of para-hydroxylation sites is 1. The number of anilines is 1. The number of rotatable bonds is 3. The second kappa shape index (κ2) is 5.70. The molecular weight excluding hydrogens is 288 g/mol. The normalized spacial score (nSPS) is 11.6. The highest BCUT2D eigenvalue weighted by Crippen LogP contribution is 2.23. The first-order chi connectivity index (χ1) is 8.70. The van der Waals surface area contributed by atoms with Gasteiger partial charge in [0, 0.05) is 10.5 Å². The van der Waals surface area contributed by atoms with Crippen molar-refractivity contribution in [3.05, 3.63) is 64.1 Å². The first-order valence-electron chi connectivity index (χ1n) is 5.72. The number of hydrogen-bond acceptors (Lipinski definition) is 2. The zero-order valence-electron chi connectivity index (χ0n) is 10.0. The first kappa shape index (κ1) is 12.7. The second-order valence-corrected chi connectivity index (χ2v) is 4.99. The molecule has 0 aromatic heterocycles. The summed E-state index contributed by atoms with van der Waals surface area (Å²) in [6, 6.07) is 18.0. The maximum atomic E-state index is 9.05. The highest BCUT2D eigenvalue weighted by Gasteiger charge is 2.07. The lowest BCUT2D eigenvalue weighted by Crippen LogP contribution is -2.07. The Bertz CT molecular complexity index is 587. The minimum atomic E-state index is 0.150. The molecule has 0 heterocycles. The molecule has 0 saturated carbocycles. The van der Waals surface area contributed by atoms with Crippen molar-refractivity contribution in [1.29, 1.82) is 5.26 Å². The van der Waals surface area contributed by atoms with Crippen LogP contribution in [-0.2, 0) is 0 Å². The predicted octanol–water partition coefficient (Wildman–Crippen LogP) is 4.49. The summed E-state index contributed by atoms with van der Waals surface area (Å²) < 4.78 is 1.06. The molecule has 2 rings (SSSR count). The van der Waals surface area contributed by atoms with Gasteiger partial charge in [0.1, 0.15) is 6.07 Å². The van der Waals surface area contributed by atoms with Crippen molar-refractivity contribution in [1.82, 2.24) is 0 Å². The van der Waals surface area contributed by atoms with Crippen LogP contribution in [0.5, 0.6) is 0 Å². The smallest absolute Gasteiger partial charge is 0.101 e. The van der Waals surface area contributed by atoms with E-state index in [-0.39, 0.29) is 6.04 Å². The van der Waals surface area contributed by atoms with E-state index in [1.165, 1.54) is 5.56 Å². The Hall–Kier alpha value is -1.79. The first-order valence-corrected chi connectivity index (χ1v) is 6.51. The summed E-state index contributed by atoms with van der Waals surface area (Å²) in [6.45, 7) is 2.08. The molecule has 0 amide bonds. The van der Waals surface area contributed by atoms with Gasteiger partial charge in [0.05, 0.1) is 11.3 Å². The number of nitriles is 1. The molecule has 0 aliphatic heterocycles. The quantitative estimate of drug-likeness (QED) is 0.906. The molecule has 0 spiro atoms. The lowest BCUT2D eigenvalue weighted by atomic mass is 10.1. The lowest BCUT2D eigenvalue weighted by molar-refractivity contribution is 0.883. The molecule has 0 aliphatic carbocycles. The summed E-state index contributed by atoms with van der Waals surface area (Å²) in [5.74, 6) is 0.